The molecule has 1 aromatic rings. The molecule has 1 fully saturated rings. The molecule has 1 saturated heterocycles. The van der Waals surface area contributed by atoms with Crippen LogP contribution in [0.1, 0.15) is 31.7 Å². The van der Waals surface area contributed by atoms with Crippen LogP contribution in [0, 0.1) is 0 Å². The van der Waals surface area contributed by atoms with Gasteiger partial charge in [0.15, 0.2) is 0 Å². The fraction of sp³-hybridized carbons (Fsp3) is 0.647. The second-order valence-electron chi connectivity index (χ2n) is 6.03. The molecule has 0 radical (unpaired) electrons. The van der Waals surface area contributed by atoms with Crippen LogP contribution < -0.4 is 10.1 Å². The molecule has 1 heterocycles. The van der Waals surface area contributed by atoms with Gasteiger partial charge in [-0.25, -0.2) is 0 Å². The van der Waals surface area contributed by atoms with E-state index in [0.29, 0.717) is 12.1 Å². The van der Waals surface area contributed by atoms with Gasteiger partial charge in [-0.3, -0.25) is 0 Å². The summed E-state index contributed by atoms with van der Waals surface area (Å²) in [6, 6.07) is 9.72. The van der Waals surface area contributed by atoms with Crippen molar-refractivity contribution in [1.82, 2.24) is 10.2 Å². The average Bonchev–Trinajstić information content (AvgIpc) is 2.48. The van der Waals surface area contributed by atoms with E-state index >= 15 is 0 Å². The number of methoxy groups -OCH3 is 1. The van der Waals surface area contributed by atoms with Crippen LogP contribution in [0.25, 0.3) is 0 Å². The molecule has 0 bridgehead atoms. The summed E-state index contributed by atoms with van der Waals surface area (Å²) < 4.78 is 5.19. The summed E-state index contributed by atoms with van der Waals surface area (Å²) in [6.07, 6.45) is 4.89. The topological polar surface area (TPSA) is 24.5 Å². The molecule has 0 aromatic heterocycles. The van der Waals surface area contributed by atoms with Crippen molar-refractivity contribution in [2.45, 2.75) is 44.7 Å². The Labute approximate surface area is 123 Å². The van der Waals surface area contributed by atoms with Crippen molar-refractivity contribution in [2.75, 3.05) is 27.2 Å². The van der Waals surface area contributed by atoms with E-state index < -0.39 is 0 Å². The minimum absolute atomic E-state index is 0.588. The summed E-state index contributed by atoms with van der Waals surface area (Å²) in [7, 11) is 3.92. The van der Waals surface area contributed by atoms with Crippen molar-refractivity contribution in [3.63, 3.8) is 0 Å². The molecule has 1 aromatic carbocycles. The van der Waals surface area contributed by atoms with Gasteiger partial charge in [-0.05, 0) is 70.4 Å². The molecule has 112 valence electrons. The maximum atomic E-state index is 5.19. The normalized spacial score (nSPS) is 18.9. The van der Waals surface area contributed by atoms with Gasteiger partial charge in [0, 0.05) is 12.1 Å². The number of nitrogens with zero attached hydrogens (tertiary/aromatic N) is 1. The molecule has 0 saturated carbocycles. The third-order valence-electron chi connectivity index (χ3n) is 4.26. The van der Waals surface area contributed by atoms with Crippen molar-refractivity contribution in [3.8, 4) is 5.75 Å². The number of ether oxygens (including phenoxy) is 1. The zero-order valence-corrected chi connectivity index (χ0v) is 13.1. The molecule has 2 rings (SSSR count). The molecule has 0 spiro atoms. The Balaban J connectivity index is 1.70. The standard InChI is InChI=1S/C17H28N2O/c1-14(18-16-10-12-19(2)13-11-16)4-5-15-6-8-17(20-3)9-7-15/h6-9,14,16,18H,4-5,10-13H2,1-3H3. The third kappa shape index (κ3) is 4.80. The smallest absolute Gasteiger partial charge is 0.118 e. The predicted octanol–water partition coefficient (Wildman–Crippen LogP) is 2.70. The SMILES string of the molecule is COc1ccc(CCC(C)NC2CCN(C)CC2)cc1. The van der Waals surface area contributed by atoms with E-state index in [9.17, 15) is 0 Å². The molecule has 20 heavy (non-hydrogen) atoms. The van der Waals surface area contributed by atoms with Gasteiger partial charge in [-0.2, -0.15) is 0 Å². The molecular formula is C17H28N2O. The average molecular weight is 276 g/mol. The highest BCUT2D eigenvalue weighted by atomic mass is 16.5. The number of hydrogen-bond acceptors (Lipinski definition) is 3. The van der Waals surface area contributed by atoms with Crippen molar-refractivity contribution in [1.29, 1.82) is 0 Å². The number of piperidine rings is 1. The second kappa shape index (κ2) is 7.65. The minimum atomic E-state index is 0.588. The van der Waals surface area contributed by atoms with Crippen LogP contribution in [-0.2, 0) is 6.42 Å². The van der Waals surface area contributed by atoms with Crippen LogP contribution >= 0.6 is 0 Å². The quantitative estimate of drug-likeness (QED) is 0.864. The lowest BCUT2D eigenvalue weighted by molar-refractivity contribution is 0.224. The summed E-state index contributed by atoms with van der Waals surface area (Å²) in [5.74, 6) is 0.936. The zero-order valence-electron chi connectivity index (χ0n) is 13.1. The number of rotatable bonds is 6. The Kier molecular flexibility index (Phi) is 5.86. The molecule has 3 heteroatoms. The van der Waals surface area contributed by atoms with Crippen LogP contribution in [0.5, 0.6) is 5.75 Å². The Hall–Kier alpha value is -1.06. The van der Waals surface area contributed by atoms with Crippen molar-refractivity contribution in [2.24, 2.45) is 0 Å². The Bertz CT molecular complexity index is 382. The first kappa shape index (κ1) is 15.3. The van der Waals surface area contributed by atoms with Crippen molar-refractivity contribution < 1.29 is 4.74 Å². The van der Waals surface area contributed by atoms with E-state index in [1.165, 1.54) is 37.9 Å². The van der Waals surface area contributed by atoms with Crippen LogP contribution in [0.2, 0.25) is 0 Å². The highest BCUT2D eigenvalue weighted by Crippen LogP contribution is 2.14. The molecule has 1 aliphatic rings. The highest BCUT2D eigenvalue weighted by molar-refractivity contribution is 5.27. The summed E-state index contributed by atoms with van der Waals surface area (Å²) >= 11 is 0. The van der Waals surface area contributed by atoms with E-state index in [1.54, 1.807) is 7.11 Å². The van der Waals surface area contributed by atoms with Crippen molar-refractivity contribution >= 4 is 0 Å². The number of likely N-dealkylation sites (tertiary alicyclic amines) is 1. The van der Waals surface area contributed by atoms with Gasteiger partial charge in [-0.1, -0.05) is 12.1 Å². The highest BCUT2D eigenvalue weighted by Gasteiger charge is 2.17. The van der Waals surface area contributed by atoms with Crippen LogP contribution in [0.3, 0.4) is 0 Å². The molecule has 3 nitrogen and oxygen atoms in total. The van der Waals surface area contributed by atoms with E-state index in [0.717, 1.165) is 12.2 Å². The number of aryl methyl sites for hydroxylation is 1. The van der Waals surface area contributed by atoms with Gasteiger partial charge < -0.3 is 15.0 Å². The largest absolute Gasteiger partial charge is 0.497 e. The number of hydrogen-bond donors (Lipinski definition) is 1. The lowest BCUT2D eigenvalue weighted by atomic mass is 10.0. The van der Waals surface area contributed by atoms with Gasteiger partial charge in [0.1, 0.15) is 5.75 Å². The zero-order chi connectivity index (χ0) is 14.4. The molecule has 0 aliphatic carbocycles. The summed E-state index contributed by atoms with van der Waals surface area (Å²) in [5, 5.41) is 3.78. The van der Waals surface area contributed by atoms with E-state index in [2.05, 4.69) is 36.3 Å². The van der Waals surface area contributed by atoms with Gasteiger partial charge in [0.25, 0.3) is 0 Å². The van der Waals surface area contributed by atoms with E-state index in [-0.39, 0.29) is 0 Å². The fourth-order valence-corrected chi connectivity index (χ4v) is 2.84. The Morgan fingerprint density at radius 2 is 1.90 bits per heavy atom. The molecule has 0 amide bonds. The lowest BCUT2D eigenvalue weighted by Gasteiger charge is -2.31. The molecule has 1 N–H and O–H groups in total. The first-order valence-electron chi connectivity index (χ1n) is 7.75. The summed E-state index contributed by atoms with van der Waals surface area (Å²) in [4.78, 5) is 2.42. The molecule has 1 unspecified atom stereocenters. The van der Waals surface area contributed by atoms with Crippen LogP contribution in [-0.4, -0.2) is 44.2 Å². The van der Waals surface area contributed by atoms with Gasteiger partial charge in [-0.15, -0.1) is 0 Å². The summed E-state index contributed by atoms with van der Waals surface area (Å²) in [6.45, 7) is 4.76. The monoisotopic (exact) mass is 276 g/mol. The molecular weight excluding hydrogens is 248 g/mol. The van der Waals surface area contributed by atoms with E-state index in [4.69, 9.17) is 4.74 Å². The number of benzene rings is 1. The number of nitrogens with one attached hydrogen (secondary N) is 1. The van der Waals surface area contributed by atoms with Gasteiger partial charge in [0.05, 0.1) is 7.11 Å². The summed E-state index contributed by atoms with van der Waals surface area (Å²) in [5.41, 5.74) is 1.39. The maximum Gasteiger partial charge on any atom is 0.118 e. The first-order valence-corrected chi connectivity index (χ1v) is 7.75. The molecule has 1 aliphatic heterocycles. The Morgan fingerprint density at radius 1 is 1.25 bits per heavy atom. The predicted molar refractivity (Wildman–Crippen MR) is 84.4 cm³/mol. The first-order chi connectivity index (χ1) is 9.67. The molecule has 1 atom stereocenters. The van der Waals surface area contributed by atoms with Gasteiger partial charge >= 0.3 is 0 Å². The minimum Gasteiger partial charge on any atom is -0.497 e. The third-order valence-corrected chi connectivity index (χ3v) is 4.26. The van der Waals surface area contributed by atoms with Crippen LogP contribution in [0.15, 0.2) is 24.3 Å². The van der Waals surface area contributed by atoms with Crippen LogP contribution in [0.4, 0.5) is 0 Å². The van der Waals surface area contributed by atoms with Gasteiger partial charge in [0.2, 0.25) is 0 Å². The maximum absolute atomic E-state index is 5.19. The van der Waals surface area contributed by atoms with E-state index in [1.807, 2.05) is 12.1 Å². The lowest BCUT2D eigenvalue weighted by Crippen LogP contribution is -2.44. The second-order valence-corrected chi connectivity index (χ2v) is 6.03. The Morgan fingerprint density at radius 3 is 2.50 bits per heavy atom. The van der Waals surface area contributed by atoms with Crippen molar-refractivity contribution in [3.05, 3.63) is 29.8 Å². The fourth-order valence-electron chi connectivity index (χ4n) is 2.84.